The summed E-state index contributed by atoms with van der Waals surface area (Å²) in [6.45, 7) is 6.36. The Labute approximate surface area is 165 Å². The van der Waals surface area contributed by atoms with Gasteiger partial charge in [-0.25, -0.2) is 5.43 Å². The second-order valence-corrected chi connectivity index (χ2v) is 6.54. The van der Waals surface area contributed by atoms with Crippen LogP contribution in [0.4, 0.5) is 0 Å². The Bertz CT molecular complexity index is 992. The number of aryl methyl sites for hydroxylation is 2. The first-order valence-corrected chi connectivity index (χ1v) is 9.24. The molecule has 0 aromatic heterocycles. The van der Waals surface area contributed by atoms with Crippen LogP contribution in [0.15, 0.2) is 59.7 Å². The predicted molar refractivity (Wildman–Crippen MR) is 112 cm³/mol. The summed E-state index contributed by atoms with van der Waals surface area (Å²) in [5.74, 6) is 1.07. The molecule has 0 aliphatic carbocycles. The molecule has 0 saturated carbocycles. The minimum absolute atomic E-state index is 0.103. The van der Waals surface area contributed by atoms with Gasteiger partial charge in [0.25, 0.3) is 5.91 Å². The van der Waals surface area contributed by atoms with Crippen LogP contribution >= 0.6 is 0 Å². The summed E-state index contributed by atoms with van der Waals surface area (Å²) < 4.78 is 11.3. The number of hydrazone groups is 1. The molecule has 3 aromatic rings. The van der Waals surface area contributed by atoms with Crippen LogP contribution in [0.1, 0.15) is 23.6 Å². The van der Waals surface area contributed by atoms with Crippen molar-refractivity contribution in [2.24, 2.45) is 5.10 Å². The Morgan fingerprint density at radius 3 is 2.54 bits per heavy atom. The Kier molecular flexibility index (Phi) is 6.27. The molecule has 144 valence electrons. The van der Waals surface area contributed by atoms with Gasteiger partial charge in [-0.05, 0) is 60.9 Å². The van der Waals surface area contributed by atoms with Gasteiger partial charge >= 0.3 is 0 Å². The van der Waals surface area contributed by atoms with Gasteiger partial charge in [0.2, 0.25) is 0 Å². The minimum Gasteiger partial charge on any atom is -0.493 e. The third kappa shape index (κ3) is 4.88. The number of nitrogens with one attached hydrogen (secondary N) is 1. The SMILES string of the molecule is CCOc1ccc2ccccc2c1/C=N/NC(=O)COc1cc(C)cc(C)c1. The minimum atomic E-state index is -0.325. The van der Waals surface area contributed by atoms with E-state index in [9.17, 15) is 4.79 Å². The van der Waals surface area contributed by atoms with Crippen LogP contribution < -0.4 is 14.9 Å². The summed E-state index contributed by atoms with van der Waals surface area (Å²) in [5, 5.41) is 6.19. The van der Waals surface area contributed by atoms with Gasteiger partial charge in [0.05, 0.1) is 12.8 Å². The number of fused-ring (bicyclic) bond motifs is 1. The zero-order chi connectivity index (χ0) is 19.9. The van der Waals surface area contributed by atoms with Crippen molar-refractivity contribution in [2.75, 3.05) is 13.2 Å². The maximum Gasteiger partial charge on any atom is 0.277 e. The van der Waals surface area contributed by atoms with Gasteiger partial charge in [-0.1, -0.05) is 36.4 Å². The van der Waals surface area contributed by atoms with E-state index in [0.29, 0.717) is 12.4 Å². The van der Waals surface area contributed by atoms with E-state index in [2.05, 4.69) is 16.6 Å². The van der Waals surface area contributed by atoms with Crippen LogP contribution in [0.2, 0.25) is 0 Å². The zero-order valence-corrected chi connectivity index (χ0v) is 16.4. The largest absolute Gasteiger partial charge is 0.493 e. The number of hydrogen-bond donors (Lipinski definition) is 1. The molecule has 0 atom stereocenters. The smallest absolute Gasteiger partial charge is 0.277 e. The van der Waals surface area contributed by atoms with Gasteiger partial charge in [-0.3, -0.25) is 4.79 Å². The van der Waals surface area contributed by atoms with Crippen molar-refractivity contribution in [1.82, 2.24) is 5.43 Å². The van der Waals surface area contributed by atoms with Crippen molar-refractivity contribution in [3.8, 4) is 11.5 Å². The lowest BCUT2D eigenvalue weighted by Gasteiger charge is -2.10. The monoisotopic (exact) mass is 376 g/mol. The Balaban J connectivity index is 1.68. The van der Waals surface area contributed by atoms with E-state index >= 15 is 0 Å². The van der Waals surface area contributed by atoms with E-state index in [1.165, 1.54) is 0 Å². The van der Waals surface area contributed by atoms with Crippen molar-refractivity contribution in [3.05, 3.63) is 71.3 Å². The third-order valence-corrected chi connectivity index (χ3v) is 4.18. The van der Waals surface area contributed by atoms with Crippen molar-refractivity contribution in [2.45, 2.75) is 20.8 Å². The lowest BCUT2D eigenvalue weighted by Crippen LogP contribution is -2.24. The third-order valence-electron chi connectivity index (χ3n) is 4.18. The number of ether oxygens (including phenoxy) is 2. The summed E-state index contributed by atoms with van der Waals surface area (Å²) in [6.07, 6.45) is 1.61. The van der Waals surface area contributed by atoms with Crippen LogP contribution in [0.25, 0.3) is 10.8 Å². The molecule has 0 heterocycles. The fourth-order valence-corrected chi connectivity index (χ4v) is 3.06. The summed E-state index contributed by atoms with van der Waals surface area (Å²) in [7, 11) is 0. The standard InChI is InChI=1S/C23H24N2O3/c1-4-27-22-10-9-18-7-5-6-8-20(18)21(22)14-24-25-23(26)15-28-19-12-16(2)11-17(3)13-19/h5-14H,4,15H2,1-3H3,(H,25,26)/b24-14+. The van der Waals surface area contributed by atoms with Crippen molar-refractivity contribution in [1.29, 1.82) is 0 Å². The molecule has 1 amide bonds. The van der Waals surface area contributed by atoms with Gasteiger partial charge in [0.1, 0.15) is 11.5 Å². The number of amides is 1. The first kappa shape index (κ1) is 19.4. The van der Waals surface area contributed by atoms with E-state index in [-0.39, 0.29) is 12.5 Å². The highest BCUT2D eigenvalue weighted by atomic mass is 16.5. The van der Waals surface area contributed by atoms with Crippen LogP contribution in [-0.4, -0.2) is 25.3 Å². The first-order chi connectivity index (χ1) is 13.6. The van der Waals surface area contributed by atoms with Crippen LogP contribution in [0.3, 0.4) is 0 Å². The first-order valence-electron chi connectivity index (χ1n) is 9.24. The molecular weight excluding hydrogens is 352 g/mol. The maximum absolute atomic E-state index is 12.1. The fourth-order valence-electron chi connectivity index (χ4n) is 3.06. The number of nitrogens with zero attached hydrogens (tertiary/aromatic N) is 1. The van der Waals surface area contributed by atoms with Crippen molar-refractivity contribution >= 4 is 22.9 Å². The molecule has 0 aliphatic rings. The number of carbonyl (C=O) groups is 1. The molecule has 0 aliphatic heterocycles. The van der Waals surface area contributed by atoms with Gasteiger partial charge < -0.3 is 9.47 Å². The molecule has 0 radical (unpaired) electrons. The highest BCUT2D eigenvalue weighted by Gasteiger charge is 2.07. The lowest BCUT2D eigenvalue weighted by atomic mass is 10.0. The second kappa shape index (κ2) is 9.04. The molecule has 0 fully saturated rings. The van der Waals surface area contributed by atoms with Gasteiger partial charge in [0.15, 0.2) is 6.61 Å². The Morgan fingerprint density at radius 2 is 1.79 bits per heavy atom. The topological polar surface area (TPSA) is 59.9 Å². The summed E-state index contributed by atoms with van der Waals surface area (Å²) in [5.41, 5.74) is 5.52. The molecule has 0 spiro atoms. The van der Waals surface area contributed by atoms with Gasteiger partial charge in [0, 0.05) is 5.56 Å². The van der Waals surface area contributed by atoms with Gasteiger partial charge in [-0.2, -0.15) is 5.10 Å². The van der Waals surface area contributed by atoms with Crippen molar-refractivity contribution in [3.63, 3.8) is 0 Å². The van der Waals surface area contributed by atoms with E-state index in [1.807, 2.05) is 69.3 Å². The lowest BCUT2D eigenvalue weighted by molar-refractivity contribution is -0.123. The quantitative estimate of drug-likeness (QED) is 0.492. The number of carbonyl (C=O) groups excluding carboxylic acids is 1. The molecule has 28 heavy (non-hydrogen) atoms. The molecule has 5 nitrogen and oxygen atoms in total. The fraction of sp³-hybridized carbons (Fsp3) is 0.217. The predicted octanol–water partition coefficient (Wildman–Crippen LogP) is 4.38. The van der Waals surface area contributed by atoms with E-state index in [1.54, 1.807) is 6.21 Å². The summed E-state index contributed by atoms with van der Waals surface area (Å²) in [4.78, 5) is 12.1. The van der Waals surface area contributed by atoms with Crippen molar-refractivity contribution < 1.29 is 14.3 Å². The molecule has 5 heteroatoms. The second-order valence-electron chi connectivity index (χ2n) is 6.54. The average Bonchev–Trinajstić information content (AvgIpc) is 2.67. The molecule has 1 N–H and O–H groups in total. The van der Waals surface area contributed by atoms with E-state index in [0.717, 1.165) is 33.2 Å². The highest BCUT2D eigenvalue weighted by Crippen LogP contribution is 2.26. The van der Waals surface area contributed by atoms with Gasteiger partial charge in [-0.15, -0.1) is 0 Å². The molecular formula is C23H24N2O3. The number of benzene rings is 3. The molecule has 0 saturated heterocycles. The number of rotatable bonds is 7. The molecule has 3 aromatic carbocycles. The van der Waals surface area contributed by atoms with Crippen LogP contribution in [-0.2, 0) is 4.79 Å². The molecule has 0 bridgehead atoms. The van der Waals surface area contributed by atoms with Crippen LogP contribution in [0.5, 0.6) is 11.5 Å². The summed E-state index contributed by atoms with van der Waals surface area (Å²) in [6, 6.07) is 17.7. The Hall–Kier alpha value is -3.34. The highest BCUT2D eigenvalue weighted by molar-refractivity contribution is 6.02. The summed E-state index contributed by atoms with van der Waals surface area (Å²) >= 11 is 0. The molecule has 3 rings (SSSR count). The normalized spacial score (nSPS) is 11.0. The average molecular weight is 376 g/mol. The maximum atomic E-state index is 12.1. The Morgan fingerprint density at radius 1 is 1.04 bits per heavy atom. The molecule has 0 unspecified atom stereocenters. The van der Waals surface area contributed by atoms with E-state index in [4.69, 9.17) is 9.47 Å². The number of hydrogen-bond acceptors (Lipinski definition) is 4. The van der Waals surface area contributed by atoms with E-state index < -0.39 is 0 Å². The van der Waals surface area contributed by atoms with Crippen LogP contribution in [0, 0.1) is 13.8 Å². The zero-order valence-electron chi connectivity index (χ0n) is 16.4.